The molecule has 0 radical (unpaired) electrons. The minimum Gasteiger partial charge on any atom is -0.497 e. The molecule has 0 heterocycles. The first-order valence-electron chi connectivity index (χ1n) is 7.51. The standard InChI is InChI=1S/C19H23NO/c1-19(2)12-14-10-15(21-3)9-8-13(14)11-17(19)16-6-4-5-7-18(16)20/h4-10,17H,11-12,20H2,1-3H3. The molecule has 110 valence electrons. The Morgan fingerprint density at radius 3 is 2.57 bits per heavy atom. The third kappa shape index (κ3) is 2.51. The van der Waals surface area contributed by atoms with Gasteiger partial charge in [-0.3, -0.25) is 0 Å². The number of nitrogen functional groups attached to an aromatic ring is 1. The zero-order chi connectivity index (χ0) is 15.0. The van der Waals surface area contributed by atoms with Crippen LogP contribution in [-0.2, 0) is 12.8 Å². The third-order valence-electron chi connectivity index (χ3n) is 4.80. The van der Waals surface area contributed by atoms with Crippen molar-refractivity contribution in [1.29, 1.82) is 0 Å². The zero-order valence-electron chi connectivity index (χ0n) is 13.0. The van der Waals surface area contributed by atoms with Gasteiger partial charge in [0.25, 0.3) is 0 Å². The van der Waals surface area contributed by atoms with Crippen LogP contribution in [0.4, 0.5) is 5.69 Å². The van der Waals surface area contributed by atoms with Gasteiger partial charge in [-0.25, -0.2) is 0 Å². The highest BCUT2D eigenvalue weighted by Crippen LogP contribution is 2.47. The lowest BCUT2D eigenvalue weighted by Gasteiger charge is -2.40. The Morgan fingerprint density at radius 2 is 1.86 bits per heavy atom. The molecule has 0 aliphatic heterocycles. The van der Waals surface area contributed by atoms with Gasteiger partial charge in [0.05, 0.1) is 7.11 Å². The van der Waals surface area contributed by atoms with Crippen LogP contribution in [0.5, 0.6) is 5.75 Å². The van der Waals surface area contributed by atoms with Gasteiger partial charge >= 0.3 is 0 Å². The van der Waals surface area contributed by atoms with Crippen molar-refractivity contribution in [3.63, 3.8) is 0 Å². The second-order valence-corrected chi connectivity index (χ2v) is 6.69. The van der Waals surface area contributed by atoms with Crippen molar-refractivity contribution in [2.24, 2.45) is 5.41 Å². The summed E-state index contributed by atoms with van der Waals surface area (Å²) in [5.41, 5.74) is 11.4. The quantitative estimate of drug-likeness (QED) is 0.838. The summed E-state index contributed by atoms with van der Waals surface area (Å²) in [4.78, 5) is 0. The average molecular weight is 281 g/mol. The fraction of sp³-hybridized carbons (Fsp3) is 0.368. The van der Waals surface area contributed by atoms with Crippen LogP contribution in [0.25, 0.3) is 0 Å². The number of nitrogens with two attached hydrogens (primary N) is 1. The highest BCUT2D eigenvalue weighted by molar-refractivity contribution is 5.51. The van der Waals surface area contributed by atoms with Crippen LogP contribution < -0.4 is 10.5 Å². The van der Waals surface area contributed by atoms with E-state index in [1.165, 1.54) is 16.7 Å². The second kappa shape index (κ2) is 5.10. The molecule has 1 aliphatic carbocycles. The van der Waals surface area contributed by atoms with Gasteiger partial charge in [-0.05, 0) is 59.1 Å². The first-order chi connectivity index (χ1) is 10.0. The third-order valence-corrected chi connectivity index (χ3v) is 4.80. The lowest BCUT2D eigenvalue weighted by Crippen LogP contribution is -2.31. The molecule has 2 nitrogen and oxygen atoms in total. The van der Waals surface area contributed by atoms with E-state index in [9.17, 15) is 0 Å². The molecular formula is C19H23NO. The number of rotatable bonds is 2. The summed E-state index contributed by atoms with van der Waals surface area (Å²) in [6.07, 6.45) is 2.10. The fourth-order valence-corrected chi connectivity index (χ4v) is 3.56. The van der Waals surface area contributed by atoms with Crippen molar-refractivity contribution < 1.29 is 4.74 Å². The number of ether oxygens (including phenoxy) is 1. The molecule has 0 saturated heterocycles. The topological polar surface area (TPSA) is 35.2 Å². The average Bonchev–Trinajstić information content (AvgIpc) is 2.46. The predicted molar refractivity (Wildman–Crippen MR) is 87.8 cm³/mol. The SMILES string of the molecule is COc1ccc2c(c1)CC(C)(C)C(c1ccccc1N)C2. The summed E-state index contributed by atoms with van der Waals surface area (Å²) in [7, 11) is 1.73. The predicted octanol–water partition coefficient (Wildman–Crippen LogP) is 4.19. The van der Waals surface area contributed by atoms with Crippen LogP contribution in [0.15, 0.2) is 42.5 Å². The number of para-hydroxylation sites is 1. The van der Waals surface area contributed by atoms with Gasteiger partial charge in [0.1, 0.15) is 5.75 Å². The monoisotopic (exact) mass is 281 g/mol. The molecule has 0 saturated carbocycles. The van der Waals surface area contributed by atoms with Crippen molar-refractivity contribution in [2.75, 3.05) is 12.8 Å². The number of hydrogen-bond donors (Lipinski definition) is 1. The molecule has 1 unspecified atom stereocenters. The maximum Gasteiger partial charge on any atom is 0.119 e. The number of methoxy groups -OCH3 is 1. The fourth-order valence-electron chi connectivity index (χ4n) is 3.56. The van der Waals surface area contributed by atoms with Crippen molar-refractivity contribution in [3.8, 4) is 5.75 Å². The molecule has 0 spiro atoms. The zero-order valence-corrected chi connectivity index (χ0v) is 13.0. The van der Waals surface area contributed by atoms with Crippen molar-refractivity contribution in [3.05, 3.63) is 59.2 Å². The molecule has 2 N–H and O–H groups in total. The van der Waals surface area contributed by atoms with E-state index in [1.54, 1.807) is 7.11 Å². The summed E-state index contributed by atoms with van der Waals surface area (Å²) in [5.74, 6) is 1.40. The molecular weight excluding hydrogens is 258 g/mol. The molecule has 3 rings (SSSR count). The minimum atomic E-state index is 0.189. The number of anilines is 1. The van der Waals surface area contributed by atoms with E-state index in [4.69, 9.17) is 10.5 Å². The lowest BCUT2D eigenvalue weighted by molar-refractivity contribution is 0.263. The molecule has 1 aliphatic rings. The van der Waals surface area contributed by atoms with Gasteiger partial charge in [0, 0.05) is 5.69 Å². The van der Waals surface area contributed by atoms with Crippen LogP contribution >= 0.6 is 0 Å². The van der Waals surface area contributed by atoms with Crippen LogP contribution in [-0.4, -0.2) is 7.11 Å². The highest BCUT2D eigenvalue weighted by Gasteiger charge is 2.36. The van der Waals surface area contributed by atoms with Gasteiger partial charge < -0.3 is 10.5 Å². The van der Waals surface area contributed by atoms with E-state index in [-0.39, 0.29) is 5.41 Å². The number of hydrogen-bond acceptors (Lipinski definition) is 2. The Labute approximate surface area is 126 Å². The minimum absolute atomic E-state index is 0.189. The molecule has 2 aromatic carbocycles. The van der Waals surface area contributed by atoms with Gasteiger partial charge in [0.2, 0.25) is 0 Å². The van der Waals surface area contributed by atoms with E-state index in [2.05, 4.69) is 44.2 Å². The van der Waals surface area contributed by atoms with Crippen LogP contribution in [0.3, 0.4) is 0 Å². The maximum atomic E-state index is 6.22. The molecule has 0 fully saturated rings. The van der Waals surface area contributed by atoms with E-state index in [0.29, 0.717) is 5.92 Å². The lowest BCUT2D eigenvalue weighted by atomic mass is 9.64. The Morgan fingerprint density at radius 1 is 1.10 bits per heavy atom. The molecule has 1 atom stereocenters. The second-order valence-electron chi connectivity index (χ2n) is 6.69. The van der Waals surface area contributed by atoms with Gasteiger partial charge in [0.15, 0.2) is 0 Å². The first kappa shape index (κ1) is 14.0. The normalized spacial score (nSPS) is 19.9. The van der Waals surface area contributed by atoms with E-state index in [0.717, 1.165) is 24.3 Å². The first-order valence-corrected chi connectivity index (χ1v) is 7.51. The van der Waals surface area contributed by atoms with Crippen LogP contribution in [0.2, 0.25) is 0 Å². The molecule has 2 aromatic rings. The molecule has 0 amide bonds. The van der Waals surface area contributed by atoms with Gasteiger partial charge in [-0.2, -0.15) is 0 Å². The molecule has 0 bridgehead atoms. The largest absolute Gasteiger partial charge is 0.497 e. The van der Waals surface area contributed by atoms with Gasteiger partial charge in [-0.1, -0.05) is 38.1 Å². The summed E-state index contributed by atoms with van der Waals surface area (Å²) < 4.78 is 5.36. The van der Waals surface area contributed by atoms with Crippen molar-refractivity contribution >= 4 is 5.69 Å². The van der Waals surface area contributed by atoms with E-state index in [1.807, 2.05) is 12.1 Å². The van der Waals surface area contributed by atoms with Crippen LogP contribution in [0.1, 0.15) is 36.5 Å². The Kier molecular flexibility index (Phi) is 3.40. The highest BCUT2D eigenvalue weighted by atomic mass is 16.5. The Hall–Kier alpha value is -1.96. The molecule has 2 heteroatoms. The summed E-state index contributed by atoms with van der Waals surface area (Å²) in [5, 5.41) is 0. The molecule has 21 heavy (non-hydrogen) atoms. The van der Waals surface area contributed by atoms with Crippen molar-refractivity contribution in [1.82, 2.24) is 0 Å². The smallest absolute Gasteiger partial charge is 0.119 e. The summed E-state index contributed by atoms with van der Waals surface area (Å²) in [6, 6.07) is 14.7. The van der Waals surface area contributed by atoms with E-state index < -0.39 is 0 Å². The Bertz CT molecular complexity index is 660. The van der Waals surface area contributed by atoms with E-state index >= 15 is 0 Å². The maximum absolute atomic E-state index is 6.22. The number of benzene rings is 2. The molecule has 0 aromatic heterocycles. The summed E-state index contributed by atoms with van der Waals surface area (Å²) in [6.45, 7) is 4.68. The number of fused-ring (bicyclic) bond motifs is 1. The van der Waals surface area contributed by atoms with Gasteiger partial charge in [-0.15, -0.1) is 0 Å². The van der Waals surface area contributed by atoms with Crippen molar-refractivity contribution in [2.45, 2.75) is 32.6 Å². The van der Waals surface area contributed by atoms with Crippen LogP contribution in [0, 0.1) is 5.41 Å². The Balaban J connectivity index is 2.03. The summed E-state index contributed by atoms with van der Waals surface area (Å²) >= 11 is 0.